The minimum Gasteiger partial charge on any atom is -0.381 e. The number of fused-ring (bicyclic) bond motifs is 1. The van der Waals surface area contributed by atoms with Gasteiger partial charge >= 0.3 is 0 Å². The van der Waals surface area contributed by atoms with E-state index in [1.165, 1.54) is 38.5 Å². The zero-order chi connectivity index (χ0) is 23.5. The van der Waals surface area contributed by atoms with Crippen LogP contribution in [-0.4, -0.2) is 60.4 Å². The summed E-state index contributed by atoms with van der Waals surface area (Å²) in [5.41, 5.74) is 2.71. The van der Waals surface area contributed by atoms with Gasteiger partial charge in [-0.25, -0.2) is 0 Å². The maximum absolute atomic E-state index is 13.0. The number of hydrogen-bond donors (Lipinski definition) is 4. The molecule has 3 heterocycles. The summed E-state index contributed by atoms with van der Waals surface area (Å²) in [6.07, 6.45) is 9.43. The highest BCUT2D eigenvalue weighted by molar-refractivity contribution is 6.06. The minimum atomic E-state index is -0.493. The van der Waals surface area contributed by atoms with Gasteiger partial charge in [0.15, 0.2) is 0 Å². The van der Waals surface area contributed by atoms with E-state index in [1.807, 2.05) is 12.1 Å². The second kappa shape index (κ2) is 10.4. The molecule has 34 heavy (non-hydrogen) atoms. The number of rotatable bonds is 7. The molecule has 0 spiro atoms. The van der Waals surface area contributed by atoms with Crippen molar-refractivity contribution in [1.82, 2.24) is 15.5 Å². The number of carbonyl (C=O) groups is 2. The summed E-state index contributed by atoms with van der Waals surface area (Å²) in [5.74, 6) is 0.693. The van der Waals surface area contributed by atoms with Crippen LogP contribution in [0.1, 0.15) is 73.7 Å². The number of nitrogens with one attached hydrogen (secondary N) is 4. The molecule has 3 fully saturated rings. The molecule has 1 aromatic rings. The van der Waals surface area contributed by atoms with Gasteiger partial charge in [0.1, 0.15) is 6.04 Å². The number of ether oxygens (including phenoxy) is 1. The third-order valence-electron chi connectivity index (χ3n) is 7.98. The van der Waals surface area contributed by atoms with Gasteiger partial charge in [0.2, 0.25) is 5.91 Å². The van der Waals surface area contributed by atoms with Gasteiger partial charge < -0.3 is 25.6 Å². The van der Waals surface area contributed by atoms with Gasteiger partial charge in [-0.2, -0.15) is 0 Å². The Labute approximate surface area is 201 Å². The van der Waals surface area contributed by atoms with Gasteiger partial charge in [0, 0.05) is 49.5 Å². The summed E-state index contributed by atoms with van der Waals surface area (Å²) in [7, 11) is 0. The second-order valence-corrected chi connectivity index (χ2v) is 10.3. The molecule has 1 aromatic carbocycles. The second-order valence-electron chi connectivity index (χ2n) is 10.3. The van der Waals surface area contributed by atoms with E-state index in [4.69, 9.17) is 10.1 Å². The third kappa shape index (κ3) is 5.13. The molecule has 3 atom stereocenters. The van der Waals surface area contributed by atoms with Gasteiger partial charge in [0.05, 0.1) is 5.84 Å². The van der Waals surface area contributed by atoms with E-state index in [0.29, 0.717) is 37.0 Å². The van der Waals surface area contributed by atoms with Gasteiger partial charge in [-0.15, -0.1) is 0 Å². The molecule has 3 aliphatic heterocycles. The van der Waals surface area contributed by atoms with E-state index >= 15 is 0 Å². The van der Waals surface area contributed by atoms with Crippen LogP contribution in [0.25, 0.3) is 0 Å². The number of hydrogen-bond acceptors (Lipinski definition) is 6. The minimum absolute atomic E-state index is 0.0829. The first-order valence-corrected chi connectivity index (χ1v) is 13.0. The maximum atomic E-state index is 13.0. The highest BCUT2D eigenvalue weighted by Crippen LogP contribution is 2.31. The van der Waals surface area contributed by atoms with Crippen molar-refractivity contribution in [2.45, 2.75) is 82.5 Å². The summed E-state index contributed by atoms with van der Waals surface area (Å²) in [4.78, 5) is 27.0. The average Bonchev–Trinajstić information content (AvgIpc) is 3.16. The number of nitrogens with zero attached hydrogens (tertiary/aromatic N) is 1. The number of benzene rings is 1. The molecule has 2 amide bonds. The molecule has 1 unspecified atom stereocenters. The standard InChI is InChI=1S/C26H37N5O3/c27-24-8-7-23(25(32)30-24)31-16-18-15-19(5-6-20(18)26(31)33)29-22-4-2-1-3-21(22)28-12-9-17-10-13-34-14-11-17/h5-6,15,17,21-23,28-29H,1-4,7-14,16H2,(H2,27,30,32)/t21-,22-,23?/m0/s1. The molecule has 5 rings (SSSR count). The first kappa shape index (κ1) is 23.3. The molecule has 8 nitrogen and oxygen atoms in total. The fourth-order valence-electron chi connectivity index (χ4n) is 5.96. The van der Waals surface area contributed by atoms with Crippen LogP contribution in [0, 0.1) is 11.3 Å². The van der Waals surface area contributed by atoms with Crippen LogP contribution in [0.5, 0.6) is 0 Å². The Balaban J connectivity index is 1.19. The van der Waals surface area contributed by atoms with E-state index in [1.54, 1.807) is 4.90 Å². The van der Waals surface area contributed by atoms with Crippen molar-refractivity contribution >= 4 is 23.3 Å². The normalized spacial score (nSPS) is 28.1. The van der Waals surface area contributed by atoms with Gasteiger partial charge in [-0.1, -0.05) is 12.8 Å². The van der Waals surface area contributed by atoms with Crippen molar-refractivity contribution in [1.29, 1.82) is 5.41 Å². The lowest BCUT2D eigenvalue weighted by Gasteiger charge is -2.34. The summed E-state index contributed by atoms with van der Waals surface area (Å²) in [6.45, 7) is 3.33. The number of amidine groups is 1. The largest absolute Gasteiger partial charge is 0.381 e. The molecule has 184 valence electrons. The van der Waals surface area contributed by atoms with E-state index < -0.39 is 6.04 Å². The van der Waals surface area contributed by atoms with E-state index in [2.05, 4.69) is 22.0 Å². The average molecular weight is 468 g/mol. The van der Waals surface area contributed by atoms with Gasteiger partial charge in [0.25, 0.3) is 5.91 Å². The quantitative estimate of drug-likeness (QED) is 0.493. The fourth-order valence-corrected chi connectivity index (χ4v) is 5.96. The Morgan fingerprint density at radius 3 is 2.65 bits per heavy atom. The number of carbonyl (C=O) groups excluding carboxylic acids is 2. The smallest absolute Gasteiger partial charge is 0.255 e. The summed E-state index contributed by atoms with van der Waals surface area (Å²) in [5, 5.41) is 17.8. The molecule has 8 heteroatoms. The van der Waals surface area contributed by atoms with E-state index in [9.17, 15) is 9.59 Å². The van der Waals surface area contributed by atoms with Crippen LogP contribution < -0.4 is 16.0 Å². The topological polar surface area (TPSA) is 107 Å². The van der Waals surface area contributed by atoms with Crippen molar-refractivity contribution in [2.24, 2.45) is 5.92 Å². The van der Waals surface area contributed by atoms with Gasteiger partial charge in [-0.3, -0.25) is 15.0 Å². The lowest BCUT2D eigenvalue weighted by atomic mass is 9.89. The Bertz CT molecular complexity index is 929. The molecule has 0 aromatic heterocycles. The van der Waals surface area contributed by atoms with Crippen LogP contribution in [-0.2, 0) is 16.1 Å². The zero-order valence-electron chi connectivity index (χ0n) is 19.9. The predicted molar refractivity (Wildman–Crippen MR) is 131 cm³/mol. The number of amides is 2. The Morgan fingerprint density at radius 2 is 1.85 bits per heavy atom. The van der Waals surface area contributed by atoms with Crippen molar-refractivity contribution in [3.63, 3.8) is 0 Å². The van der Waals surface area contributed by atoms with Crippen LogP contribution in [0.15, 0.2) is 18.2 Å². The lowest BCUT2D eigenvalue weighted by molar-refractivity contribution is -0.125. The van der Waals surface area contributed by atoms with E-state index in [-0.39, 0.29) is 17.6 Å². The first-order chi connectivity index (χ1) is 16.6. The van der Waals surface area contributed by atoms with Crippen LogP contribution in [0.2, 0.25) is 0 Å². The van der Waals surface area contributed by atoms with Crippen LogP contribution >= 0.6 is 0 Å². The molecule has 4 aliphatic rings. The summed E-state index contributed by atoms with van der Waals surface area (Å²) in [6, 6.07) is 6.34. The lowest BCUT2D eigenvalue weighted by Crippen LogP contribution is -2.52. The number of anilines is 1. The molecule has 0 bridgehead atoms. The Kier molecular flexibility index (Phi) is 7.15. The summed E-state index contributed by atoms with van der Waals surface area (Å²) >= 11 is 0. The first-order valence-electron chi connectivity index (χ1n) is 13.0. The van der Waals surface area contributed by atoms with Crippen molar-refractivity contribution in [3.05, 3.63) is 29.3 Å². The van der Waals surface area contributed by atoms with Gasteiger partial charge in [-0.05, 0) is 74.8 Å². The van der Waals surface area contributed by atoms with E-state index in [0.717, 1.165) is 43.3 Å². The van der Waals surface area contributed by atoms with Crippen LogP contribution in [0.4, 0.5) is 5.69 Å². The molecule has 1 aliphatic carbocycles. The SMILES string of the molecule is N=C1CCC(N2Cc3cc(N[C@H]4CCCC[C@@H]4NCCC4CCOCC4)ccc3C2=O)C(=O)N1. The maximum Gasteiger partial charge on any atom is 0.255 e. The Hall–Kier alpha value is -2.45. The molecule has 1 saturated carbocycles. The highest BCUT2D eigenvalue weighted by atomic mass is 16.5. The third-order valence-corrected chi connectivity index (χ3v) is 7.98. The van der Waals surface area contributed by atoms with Crippen molar-refractivity contribution in [3.8, 4) is 0 Å². The molecule has 2 saturated heterocycles. The molecular formula is C26H37N5O3. The molecule has 0 radical (unpaired) electrons. The monoisotopic (exact) mass is 467 g/mol. The fraction of sp³-hybridized carbons (Fsp3) is 0.654. The summed E-state index contributed by atoms with van der Waals surface area (Å²) < 4.78 is 5.49. The molecule has 4 N–H and O–H groups in total. The van der Waals surface area contributed by atoms with Crippen molar-refractivity contribution in [2.75, 3.05) is 25.1 Å². The van der Waals surface area contributed by atoms with Crippen molar-refractivity contribution < 1.29 is 14.3 Å². The number of piperidine rings is 1. The predicted octanol–water partition coefficient (Wildman–Crippen LogP) is 3.03. The molecular weight excluding hydrogens is 430 g/mol. The van der Waals surface area contributed by atoms with Crippen LogP contribution in [0.3, 0.4) is 0 Å². The Morgan fingerprint density at radius 1 is 1.06 bits per heavy atom. The zero-order valence-corrected chi connectivity index (χ0v) is 19.9. The highest BCUT2D eigenvalue weighted by Gasteiger charge is 2.38.